The number of rotatable bonds is 10. The van der Waals surface area contributed by atoms with Crippen LogP contribution in [0.4, 0.5) is 0 Å². The van der Waals surface area contributed by atoms with Crippen LogP contribution in [-0.2, 0) is 4.74 Å². The van der Waals surface area contributed by atoms with E-state index in [1.807, 2.05) is 6.92 Å². The van der Waals surface area contributed by atoms with Crippen molar-refractivity contribution >= 4 is 0 Å². The standard InChI is InChI=1S/C16H27NO2/c1-4-18-12-6-5-10-17-11-13-19-16-14(2)8-7-9-15(16)3/h7-9,17H,4-6,10-13H2,1-3H3. The number of unbranched alkanes of at least 4 members (excludes halogenated alkanes) is 1. The predicted molar refractivity (Wildman–Crippen MR) is 80.0 cm³/mol. The summed E-state index contributed by atoms with van der Waals surface area (Å²) in [5.74, 6) is 1.03. The normalized spacial score (nSPS) is 10.7. The van der Waals surface area contributed by atoms with Gasteiger partial charge in [0, 0.05) is 19.8 Å². The van der Waals surface area contributed by atoms with Crippen LogP contribution in [0.15, 0.2) is 18.2 Å². The molecule has 0 aliphatic heterocycles. The number of hydrogen-bond donors (Lipinski definition) is 1. The van der Waals surface area contributed by atoms with Gasteiger partial charge in [0.25, 0.3) is 0 Å². The molecule has 1 rings (SSSR count). The molecule has 0 fully saturated rings. The van der Waals surface area contributed by atoms with E-state index in [0.29, 0.717) is 0 Å². The molecule has 0 aliphatic carbocycles. The molecule has 0 saturated heterocycles. The Balaban J connectivity index is 2.05. The lowest BCUT2D eigenvalue weighted by atomic mass is 10.1. The van der Waals surface area contributed by atoms with Crippen molar-refractivity contribution < 1.29 is 9.47 Å². The first kappa shape index (κ1) is 16.0. The smallest absolute Gasteiger partial charge is 0.125 e. The van der Waals surface area contributed by atoms with E-state index in [-0.39, 0.29) is 0 Å². The number of benzene rings is 1. The maximum absolute atomic E-state index is 5.83. The van der Waals surface area contributed by atoms with Gasteiger partial charge in [-0.2, -0.15) is 0 Å². The summed E-state index contributed by atoms with van der Waals surface area (Å²) in [4.78, 5) is 0. The summed E-state index contributed by atoms with van der Waals surface area (Å²) in [6, 6.07) is 6.24. The van der Waals surface area contributed by atoms with Gasteiger partial charge in [0.15, 0.2) is 0 Å². The number of para-hydroxylation sites is 1. The Morgan fingerprint density at radius 1 is 1.00 bits per heavy atom. The molecule has 19 heavy (non-hydrogen) atoms. The van der Waals surface area contributed by atoms with Gasteiger partial charge in [-0.1, -0.05) is 18.2 Å². The van der Waals surface area contributed by atoms with Crippen LogP contribution in [-0.4, -0.2) is 32.9 Å². The van der Waals surface area contributed by atoms with Crippen LogP contribution in [0.25, 0.3) is 0 Å². The van der Waals surface area contributed by atoms with E-state index in [1.54, 1.807) is 0 Å². The molecule has 0 unspecified atom stereocenters. The van der Waals surface area contributed by atoms with Crippen molar-refractivity contribution in [2.75, 3.05) is 32.9 Å². The van der Waals surface area contributed by atoms with E-state index in [1.165, 1.54) is 11.1 Å². The van der Waals surface area contributed by atoms with E-state index >= 15 is 0 Å². The highest BCUT2D eigenvalue weighted by molar-refractivity contribution is 5.39. The molecule has 0 saturated carbocycles. The molecule has 1 aromatic carbocycles. The molecular formula is C16H27NO2. The maximum Gasteiger partial charge on any atom is 0.125 e. The minimum Gasteiger partial charge on any atom is -0.492 e. The number of ether oxygens (including phenoxy) is 2. The number of nitrogens with one attached hydrogen (secondary N) is 1. The first-order chi connectivity index (χ1) is 9.25. The molecule has 0 amide bonds. The lowest BCUT2D eigenvalue weighted by Crippen LogP contribution is -2.22. The Morgan fingerprint density at radius 2 is 1.74 bits per heavy atom. The van der Waals surface area contributed by atoms with Crippen molar-refractivity contribution in [2.45, 2.75) is 33.6 Å². The van der Waals surface area contributed by atoms with Crippen molar-refractivity contribution in [2.24, 2.45) is 0 Å². The Kier molecular flexibility index (Phi) is 8.26. The van der Waals surface area contributed by atoms with Gasteiger partial charge >= 0.3 is 0 Å². The van der Waals surface area contributed by atoms with Crippen molar-refractivity contribution in [3.8, 4) is 5.75 Å². The molecule has 0 radical (unpaired) electrons. The quantitative estimate of drug-likeness (QED) is 0.659. The van der Waals surface area contributed by atoms with E-state index in [2.05, 4.69) is 37.4 Å². The second-order valence-electron chi connectivity index (χ2n) is 4.72. The summed E-state index contributed by atoms with van der Waals surface area (Å²) in [7, 11) is 0. The lowest BCUT2D eigenvalue weighted by Gasteiger charge is -2.12. The van der Waals surface area contributed by atoms with Crippen LogP contribution in [0, 0.1) is 13.8 Å². The maximum atomic E-state index is 5.83. The van der Waals surface area contributed by atoms with Crippen LogP contribution >= 0.6 is 0 Å². The van der Waals surface area contributed by atoms with E-state index in [0.717, 1.165) is 51.5 Å². The Hall–Kier alpha value is -1.06. The number of aryl methyl sites for hydroxylation is 2. The Bertz CT molecular complexity index is 332. The van der Waals surface area contributed by atoms with Crippen LogP contribution in [0.1, 0.15) is 30.9 Å². The highest BCUT2D eigenvalue weighted by atomic mass is 16.5. The molecule has 0 spiro atoms. The van der Waals surface area contributed by atoms with Gasteiger partial charge in [-0.25, -0.2) is 0 Å². The molecule has 1 N–H and O–H groups in total. The minimum atomic E-state index is 0.719. The molecule has 0 aromatic heterocycles. The molecule has 0 atom stereocenters. The minimum absolute atomic E-state index is 0.719. The van der Waals surface area contributed by atoms with Crippen molar-refractivity contribution in [3.63, 3.8) is 0 Å². The van der Waals surface area contributed by atoms with E-state index in [4.69, 9.17) is 9.47 Å². The Morgan fingerprint density at radius 3 is 2.42 bits per heavy atom. The zero-order chi connectivity index (χ0) is 13.9. The topological polar surface area (TPSA) is 30.5 Å². The third-order valence-corrected chi connectivity index (χ3v) is 3.03. The second kappa shape index (κ2) is 9.82. The average molecular weight is 265 g/mol. The third-order valence-electron chi connectivity index (χ3n) is 3.03. The van der Waals surface area contributed by atoms with Crippen molar-refractivity contribution in [1.82, 2.24) is 5.32 Å². The summed E-state index contributed by atoms with van der Waals surface area (Å²) >= 11 is 0. The number of hydrogen-bond acceptors (Lipinski definition) is 3. The molecule has 0 heterocycles. The van der Waals surface area contributed by atoms with Crippen molar-refractivity contribution in [1.29, 1.82) is 0 Å². The van der Waals surface area contributed by atoms with E-state index in [9.17, 15) is 0 Å². The fourth-order valence-corrected chi connectivity index (χ4v) is 1.98. The van der Waals surface area contributed by atoms with Gasteiger partial charge < -0.3 is 14.8 Å². The van der Waals surface area contributed by atoms with Gasteiger partial charge in [-0.05, 0) is 51.3 Å². The second-order valence-corrected chi connectivity index (χ2v) is 4.72. The summed E-state index contributed by atoms with van der Waals surface area (Å²) < 4.78 is 11.1. The van der Waals surface area contributed by atoms with Crippen LogP contribution in [0.3, 0.4) is 0 Å². The zero-order valence-corrected chi connectivity index (χ0v) is 12.5. The first-order valence-corrected chi connectivity index (χ1v) is 7.23. The fourth-order valence-electron chi connectivity index (χ4n) is 1.98. The van der Waals surface area contributed by atoms with Gasteiger partial charge in [0.1, 0.15) is 12.4 Å². The molecule has 3 nitrogen and oxygen atoms in total. The molecule has 108 valence electrons. The molecule has 0 aliphatic rings. The third kappa shape index (κ3) is 6.60. The SMILES string of the molecule is CCOCCCCNCCOc1c(C)cccc1C. The summed E-state index contributed by atoms with van der Waals surface area (Å²) in [5, 5.41) is 3.39. The molecule has 0 bridgehead atoms. The highest BCUT2D eigenvalue weighted by Crippen LogP contribution is 2.21. The van der Waals surface area contributed by atoms with Crippen LogP contribution < -0.4 is 10.1 Å². The lowest BCUT2D eigenvalue weighted by molar-refractivity contribution is 0.143. The van der Waals surface area contributed by atoms with Gasteiger partial charge in [0.2, 0.25) is 0 Å². The average Bonchev–Trinajstić information content (AvgIpc) is 2.40. The predicted octanol–water partition coefficient (Wildman–Crippen LogP) is 3.09. The molecule has 1 aromatic rings. The van der Waals surface area contributed by atoms with Gasteiger partial charge in [0.05, 0.1) is 0 Å². The summed E-state index contributed by atoms with van der Waals surface area (Å²) in [5.41, 5.74) is 2.41. The van der Waals surface area contributed by atoms with Crippen molar-refractivity contribution in [3.05, 3.63) is 29.3 Å². The molecular weight excluding hydrogens is 238 g/mol. The summed E-state index contributed by atoms with van der Waals surface area (Å²) in [6.07, 6.45) is 2.28. The van der Waals surface area contributed by atoms with Gasteiger partial charge in [-0.3, -0.25) is 0 Å². The monoisotopic (exact) mass is 265 g/mol. The summed E-state index contributed by atoms with van der Waals surface area (Å²) in [6.45, 7) is 10.5. The fraction of sp³-hybridized carbons (Fsp3) is 0.625. The highest BCUT2D eigenvalue weighted by Gasteiger charge is 2.02. The van der Waals surface area contributed by atoms with Crippen LogP contribution in [0.5, 0.6) is 5.75 Å². The van der Waals surface area contributed by atoms with E-state index < -0.39 is 0 Å². The zero-order valence-electron chi connectivity index (χ0n) is 12.5. The largest absolute Gasteiger partial charge is 0.492 e. The van der Waals surface area contributed by atoms with Crippen LogP contribution in [0.2, 0.25) is 0 Å². The Labute approximate surface area is 117 Å². The van der Waals surface area contributed by atoms with Gasteiger partial charge in [-0.15, -0.1) is 0 Å². The molecule has 3 heteroatoms. The first-order valence-electron chi connectivity index (χ1n) is 7.23.